The highest BCUT2D eigenvalue weighted by molar-refractivity contribution is 7.17. The minimum Gasteiger partial charge on any atom is -0.493 e. The summed E-state index contributed by atoms with van der Waals surface area (Å²) in [6.45, 7) is 2.05. The van der Waals surface area contributed by atoms with Gasteiger partial charge in [-0.25, -0.2) is 9.37 Å². The van der Waals surface area contributed by atoms with E-state index in [2.05, 4.69) is 10.3 Å². The predicted molar refractivity (Wildman–Crippen MR) is 130 cm³/mol. The van der Waals surface area contributed by atoms with Crippen molar-refractivity contribution in [3.63, 3.8) is 0 Å². The minimum atomic E-state index is -0.754. The van der Waals surface area contributed by atoms with Crippen molar-refractivity contribution in [2.75, 3.05) is 20.8 Å². The third kappa shape index (κ3) is 4.65. The molecule has 7 nitrogen and oxygen atoms in total. The van der Waals surface area contributed by atoms with Crippen molar-refractivity contribution in [1.82, 2.24) is 14.9 Å². The molecular weight excluding hydrogens is 457 g/mol. The number of fused-ring (bicyclic) bond motifs is 1. The van der Waals surface area contributed by atoms with Crippen LogP contribution in [-0.4, -0.2) is 36.2 Å². The van der Waals surface area contributed by atoms with Gasteiger partial charge in [-0.05, 0) is 48.7 Å². The van der Waals surface area contributed by atoms with Gasteiger partial charge in [-0.1, -0.05) is 18.2 Å². The molecule has 0 bridgehead atoms. The van der Waals surface area contributed by atoms with Crippen molar-refractivity contribution in [2.45, 2.75) is 19.4 Å². The van der Waals surface area contributed by atoms with Gasteiger partial charge in [-0.3, -0.25) is 14.2 Å². The third-order valence-corrected chi connectivity index (χ3v) is 6.52. The van der Waals surface area contributed by atoms with Crippen molar-refractivity contribution < 1.29 is 18.7 Å². The molecule has 4 aromatic rings. The van der Waals surface area contributed by atoms with E-state index in [4.69, 9.17) is 9.47 Å². The van der Waals surface area contributed by atoms with Crippen LogP contribution in [0.4, 0.5) is 4.39 Å². The SMILES string of the molecule is COc1ccc(CCNC(=O)C(C)n2cnc3scc(-c4ccc(F)cc4)c3c2=O)cc1OC. The summed E-state index contributed by atoms with van der Waals surface area (Å²) in [7, 11) is 3.15. The molecule has 2 aromatic heterocycles. The van der Waals surface area contributed by atoms with Gasteiger partial charge in [0.25, 0.3) is 5.56 Å². The number of halogens is 1. The van der Waals surface area contributed by atoms with E-state index in [0.29, 0.717) is 40.2 Å². The summed E-state index contributed by atoms with van der Waals surface area (Å²) in [6, 6.07) is 10.8. The van der Waals surface area contributed by atoms with Gasteiger partial charge in [-0.2, -0.15) is 0 Å². The molecule has 176 valence electrons. The summed E-state index contributed by atoms with van der Waals surface area (Å²) in [5.41, 5.74) is 2.06. The van der Waals surface area contributed by atoms with Crippen LogP contribution in [0.15, 0.2) is 59.0 Å². The highest BCUT2D eigenvalue weighted by atomic mass is 32.1. The number of ether oxygens (including phenoxy) is 2. The number of carbonyl (C=O) groups is 1. The zero-order valence-electron chi connectivity index (χ0n) is 19.0. The maximum absolute atomic E-state index is 13.3. The zero-order valence-corrected chi connectivity index (χ0v) is 19.8. The molecule has 9 heteroatoms. The predicted octanol–water partition coefficient (Wildman–Crippen LogP) is 4.20. The summed E-state index contributed by atoms with van der Waals surface area (Å²) < 4.78 is 25.2. The highest BCUT2D eigenvalue weighted by Gasteiger charge is 2.20. The van der Waals surface area contributed by atoms with Gasteiger partial charge >= 0.3 is 0 Å². The van der Waals surface area contributed by atoms with Crippen LogP contribution in [0.3, 0.4) is 0 Å². The second-order valence-corrected chi connectivity index (χ2v) is 8.56. The smallest absolute Gasteiger partial charge is 0.263 e. The molecule has 1 unspecified atom stereocenters. The highest BCUT2D eigenvalue weighted by Crippen LogP contribution is 2.31. The Labute approximate surface area is 199 Å². The lowest BCUT2D eigenvalue weighted by Crippen LogP contribution is -2.36. The van der Waals surface area contributed by atoms with E-state index in [1.54, 1.807) is 33.3 Å². The van der Waals surface area contributed by atoms with Gasteiger partial charge in [0.2, 0.25) is 5.91 Å². The molecule has 0 saturated heterocycles. The Bertz CT molecular complexity index is 1380. The minimum absolute atomic E-state index is 0.290. The Morgan fingerprint density at radius 3 is 2.59 bits per heavy atom. The first-order valence-corrected chi connectivity index (χ1v) is 11.5. The average molecular weight is 482 g/mol. The molecule has 0 aliphatic rings. The van der Waals surface area contributed by atoms with E-state index < -0.39 is 6.04 Å². The number of nitrogens with one attached hydrogen (secondary N) is 1. The van der Waals surface area contributed by atoms with Crippen LogP contribution in [0.25, 0.3) is 21.3 Å². The van der Waals surface area contributed by atoms with Gasteiger partial charge in [-0.15, -0.1) is 11.3 Å². The van der Waals surface area contributed by atoms with Crippen molar-refractivity contribution in [3.8, 4) is 22.6 Å². The first kappa shape index (κ1) is 23.4. The van der Waals surface area contributed by atoms with Gasteiger partial charge in [0.1, 0.15) is 16.7 Å². The lowest BCUT2D eigenvalue weighted by atomic mass is 10.1. The molecule has 1 N–H and O–H groups in total. The van der Waals surface area contributed by atoms with Gasteiger partial charge in [0.15, 0.2) is 11.5 Å². The van der Waals surface area contributed by atoms with E-state index in [0.717, 1.165) is 11.1 Å². The van der Waals surface area contributed by atoms with Crippen molar-refractivity contribution in [2.24, 2.45) is 0 Å². The Kier molecular flexibility index (Phi) is 6.93. The average Bonchev–Trinajstić information content (AvgIpc) is 3.29. The van der Waals surface area contributed by atoms with Gasteiger partial charge in [0, 0.05) is 17.5 Å². The molecule has 1 atom stereocenters. The summed E-state index contributed by atoms with van der Waals surface area (Å²) in [5.74, 6) is 0.623. The standard InChI is InChI=1S/C25H24FN3O4S/c1-15(23(30)27-11-10-16-4-9-20(32-2)21(12-16)33-3)29-14-28-24-22(25(29)31)19(13-34-24)17-5-7-18(26)8-6-17/h4-9,12-15H,10-11H2,1-3H3,(H,27,30). The molecule has 2 aromatic carbocycles. The number of methoxy groups -OCH3 is 2. The second-order valence-electron chi connectivity index (χ2n) is 7.70. The number of rotatable bonds is 8. The lowest BCUT2D eigenvalue weighted by molar-refractivity contribution is -0.123. The zero-order chi connectivity index (χ0) is 24.2. The Hall–Kier alpha value is -3.72. The summed E-state index contributed by atoms with van der Waals surface area (Å²) >= 11 is 1.34. The van der Waals surface area contributed by atoms with Crippen LogP contribution >= 0.6 is 11.3 Å². The number of hydrogen-bond donors (Lipinski definition) is 1. The number of amides is 1. The van der Waals surface area contributed by atoms with Gasteiger partial charge in [0.05, 0.1) is 25.9 Å². The van der Waals surface area contributed by atoms with Crippen LogP contribution in [-0.2, 0) is 11.2 Å². The summed E-state index contributed by atoms with van der Waals surface area (Å²) in [5, 5.41) is 5.12. The van der Waals surface area contributed by atoms with Crippen LogP contribution in [0.1, 0.15) is 18.5 Å². The quantitative estimate of drug-likeness (QED) is 0.408. The number of thiophene rings is 1. The van der Waals surface area contributed by atoms with E-state index in [-0.39, 0.29) is 17.3 Å². The Morgan fingerprint density at radius 1 is 1.15 bits per heavy atom. The van der Waals surface area contributed by atoms with Crippen LogP contribution < -0.4 is 20.3 Å². The molecule has 0 saturated carbocycles. The number of carbonyl (C=O) groups excluding carboxylic acids is 1. The summed E-state index contributed by atoms with van der Waals surface area (Å²) in [4.78, 5) is 31.0. The molecule has 0 aliphatic heterocycles. The molecular formula is C25H24FN3O4S. The molecule has 1 amide bonds. The van der Waals surface area contributed by atoms with Crippen LogP contribution in [0.2, 0.25) is 0 Å². The van der Waals surface area contributed by atoms with E-state index in [9.17, 15) is 14.0 Å². The topological polar surface area (TPSA) is 82.5 Å². The van der Waals surface area contributed by atoms with E-state index >= 15 is 0 Å². The van der Waals surface area contributed by atoms with Crippen molar-refractivity contribution in [1.29, 1.82) is 0 Å². The number of benzene rings is 2. The van der Waals surface area contributed by atoms with E-state index in [1.807, 2.05) is 23.6 Å². The maximum Gasteiger partial charge on any atom is 0.263 e. The number of aromatic nitrogens is 2. The van der Waals surface area contributed by atoms with Crippen molar-refractivity contribution in [3.05, 3.63) is 75.9 Å². The van der Waals surface area contributed by atoms with Crippen molar-refractivity contribution >= 4 is 27.5 Å². The Balaban J connectivity index is 1.50. The largest absolute Gasteiger partial charge is 0.493 e. The molecule has 0 spiro atoms. The van der Waals surface area contributed by atoms with E-state index in [1.165, 1.54) is 34.4 Å². The first-order valence-electron chi connectivity index (χ1n) is 10.7. The van der Waals surface area contributed by atoms with Crippen LogP contribution in [0.5, 0.6) is 11.5 Å². The normalized spacial score (nSPS) is 11.9. The molecule has 34 heavy (non-hydrogen) atoms. The fourth-order valence-corrected chi connectivity index (χ4v) is 4.61. The van der Waals surface area contributed by atoms with Crippen LogP contribution in [0, 0.1) is 5.82 Å². The monoisotopic (exact) mass is 481 g/mol. The fraction of sp³-hybridized carbons (Fsp3) is 0.240. The molecule has 0 fully saturated rings. The first-order chi connectivity index (χ1) is 16.4. The lowest BCUT2D eigenvalue weighted by Gasteiger charge is -2.15. The molecule has 0 aliphatic carbocycles. The molecule has 2 heterocycles. The maximum atomic E-state index is 13.3. The summed E-state index contributed by atoms with van der Waals surface area (Å²) in [6.07, 6.45) is 1.98. The molecule has 0 radical (unpaired) electrons. The number of hydrogen-bond acceptors (Lipinski definition) is 6. The van der Waals surface area contributed by atoms with Gasteiger partial charge < -0.3 is 14.8 Å². The number of nitrogens with zero attached hydrogens (tertiary/aromatic N) is 2. The second kappa shape index (κ2) is 10.0. The molecule has 4 rings (SSSR count). The Morgan fingerprint density at radius 2 is 1.88 bits per heavy atom. The third-order valence-electron chi connectivity index (χ3n) is 5.63. The fourth-order valence-electron chi connectivity index (χ4n) is 3.70.